The Balaban J connectivity index is 1.93. The van der Waals surface area contributed by atoms with Crippen LogP contribution in [-0.2, 0) is 4.79 Å². The van der Waals surface area contributed by atoms with E-state index in [0.29, 0.717) is 10.0 Å². The van der Waals surface area contributed by atoms with Crippen molar-refractivity contribution in [2.24, 2.45) is 0 Å². The summed E-state index contributed by atoms with van der Waals surface area (Å²) in [5.74, 6) is -0.0943. The molecular weight excluding hydrogens is 319 g/mol. The Hall–Kier alpha value is -1.55. The van der Waals surface area contributed by atoms with Crippen LogP contribution in [-0.4, -0.2) is 11.9 Å². The van der Waals surface area contributed by atoms with Crippen LogP contribution in [0.25, 0.3) is 0 Å². The number of anilines is 1. The molecule has 2 atom stereocenters. The number of benzene rings is 2. The first-order valence-electron chi connectivity index (χ1n) is 7.03. The second kappa shape index (κ2) is 7.63. The first-order valence-corrected chi connectivity index (χ1v) is 7.79. The van der Waals surface area contributed by atoms with E-state index in [-0.39, 0.29) is 18.0 Å². The average Bonchev–Trinajstić information content (AvgIpc) is 2.50. The minimum Gasteiger partial charge on any atom is -0.325 e. The smallest absolute Gasteiger partial charge is 0.241 e. The van der Waals surface area contributed by atoms with Crippen molar-refractivity contribution in [3.8, 4) is 0 Å². The normalized spacial score (nSPS) is 13.5. The van der Waals surface area contributed by atoms with E-state index < -0.39 is 0 Å². The van der Waals surface area contributed by atoms with Gasteiger partial charge in [-0.15, -0.1) is 0 Å². The third-order valence-electron chi connectivity index (χ3n) is 3.38. The number of halogens is 2. The molecule has 1 amide bonds. The van der Waals surface area contributed by atoms with Crippen molar-refractivity contribution in [1.29, 1.82) is 0 Å². The highest BCUT2D eigenvalue weighted by Crippen LogP contribution is 2.17. The molecular formula is C17H18Cl2N2O. The summed E-state index contributed by atoms with van der Waals surface area (Å²) in [6, 6.07) is 14.3. The van der Waals surface area contributed by atoms with Crippen LogP contribution in [0.1, 0.15) is 25.5 Å². The molecule has 0 saturated heterocycles. The number of rotatable bonds is 5. The lowest BCUT2D eigenvalue weighted by atomic mass is 10.1. The van der Waals surface area contributed by atoms with Crippen LogP contribution in [0.4, 0.5) is 5.69 Å². The Bertz CT molecular complexity index is 626. The summed E-state index contributed by atoms with van der Waals surface area (Å²) in [6.45, 7) is 3.84. The molecule has 0 bridgehead atoms. The van der Waals surface area contributed by atoms with Crippen molar-refractivity contribution in [2.45, 2.75) is 25.9 Å². The molecule has 0 heterocycles. The van der Waals surface area contributed by atoms with Gasteiger partial charge in [0.1, 0.15) is 0 Å². The summed E-state index contributed by atoms with van der Waals surface area (Å²) in [6.07, 6.45) is 0. The fourth-order valence-electron chi connectivity index (χ4n) is 2.08. The van der Waals surface area contributed by atoms with E-state index in [1.165, 1.54) is 0 Å². The lowest BCUT2D eigenvalue weighted by Gasteiger charge is -2.20. The number of carbonyl (C=O) groups is 1. The Morgan fingerprint density at radius 2 is 1.41 bits per heavy atom. The Morgan fingerprint density at radius 1 is 0.909 bits per heavy atom. The lowest BCUT2D eigenvalue weighted by Crippen LogP contribution is -2.39. The molecule has 3 nitrogen and oxygen atoms in total. The minimum atomic E-state index is -0.332. The van der Waals surface area contributed by atoms with E-state index in [0.717, 1.165) is 11.3 Å². The van der Waals surface area contributed by atoms with Crippen molar-refractivity contribution in [3.05, 3.63) is 64.1 Å². The molecule has 116 valence electrons. The van der Waals surface area contributed by atoms with Crippen molar-refractivity contribution < 1.29 is 4.79 Å². The van der Waals surface area contributed by atoms with Crippen LogP contribution in [0.2, 0.25) is 10.0 Å². The second-order valence-corrected chi connectivity index (χ2v) is 6.03. The van der Waals surface area contributed by atoms with Crippen LogP contribution < -0.4 is 10.6 Å². The third kappa shape index (κ3) is 4.73. The maximum Gasteiger partial charge on any atom is 0.241 e. The zero-order valence-corrected chi connectivity index (χ0v) is 13.9. The van der Waals surface area contributed by atoms with Crippen LogP contribution in [0.3, 0.4) is 0 Å². The molecule has 22 heavy (non-hydrogen) atoms. The van der Waals surface area contributed by atoms with Gasteiger partial charge >= 0.3 is 0 Å². The summed E-state index contributed by atoms with van der Waals surface area (Å²) in [4.78, 5) is 12.2. The molecule has 2 aromatic carbocycles. The van der Waals surface area contributed by atoms with E-state index in [2.05, 4.69) is 10.6 Å². The molecule has 2 N–H and O–H groups in total. The summed E-state index contributed by atoms with van der Waals surface area (Å²) >= 11 is 11.7. The van der Waals surface area contributed by atoms with Crippen LogP contribution in [0.15, 0.2) is 48.5 Å². The number of hydrogen-bond donors (Lipinski definition) is 2. The van der Waals surface area contributed by atoms with Crippen LogP contribution in [0.5, 0.6) is 0 Å². The first-order chi connectivity index (χ1) is 10.5. The number of hydrogen-bond acceptors (Lipinski definition) is 2. The monoisotopic (exact) mass is 336 g/mol. The van der Waals surface area contributed by atoms with Crippen molar-refractivity contribution in [3.63, 3.8) is 0 Å². The van der Waals surface area contributed by atoms with Gasteiger partial charge in [-0.2, -0.15) is 0 Å². The predicted molar refractivity (Wildman–Crippen MR) is 92.5 cm³/mol. The fourth-order valence-corrected chi connectivity index (χ4v) is 2.33. The predicted octanol–water partition coefficient (Wildman–Crippen LogP) is 4.67. The molecule has 2 rings (SSSR count). The maximum atomic E-state index is 12.2. The SMILES string of the molecule is C[C@H](N[C@H](C)c1ccc(Cl)cc1)C(=O)Nc1ccc(Cl)cc1. The van der Waals surface area contributed by atoms with Crippen molar-refractivity contribution in [2.75, 3.05) is 5.32 Å². The molecule has 2 aromatic rings. The second-order valence-electron chi connectivity index (χ2n) is 5.16. The molecule has 0 unspecified atom stereocenters. The molecule has 0 fully saturated rings. The number of amides is 1. The molecule has 0 aliphatic rings. The molecule has 0 saturated carbocycles. The first kappa shape index (κ1) is 16.8. The largest absolute Gasteiger partial charge is 0.325 e. The van der Waals surface area contributed by atoms with Crippen LogP contribution in [0, 0.1) is 0 Å². The molecule has 0 aliphatic heterocycles. The maximum absolute atomic E-state index is 12.2. The van der Waals surface area contributed by atoms with Gasteiger partial charge in [0.2, 0.25) is 5.91 Å². The highest BCUT2D eigenvalue weighted by atomic mass is 35.5. The molecule has 0 aromatic heterocycles. The van der Waals surface area contributed by atoms with Gasteiger partial charge in [-0.05, 0) is 55.8 Å². The Labute approximate surface area is 140 Å². The zero-order chi connectivity index (χ0) is 16.1. The standard InChI is InChI=1S/C17H18Cl2N2O/c1-11(13-3-5-14(18)6-4-13)20-12(2)17(22)21-16-9-7-15(19)8-10-16/h3-12,20H,1-2H3,(H,21,22)/t11-,12+/m1/s1. The van der Waals surface area contributed by atoms with E-state index in [9.17, 15) is 4.79 Å². The van der Waals surface area contributed by atoms with E-state index >= 15 is 0 Å². The van der Waals surface area contributed by atoms with Gasteiger partial charge in [-0.3, -0.25) is 10.1 Å². The fraction of sp³-hybridized carbons (Fsp3) is 0.235. The van der Waals surface area contributed by atoms with Gasteiger partial charge in [-0.25, -0.2) is 0 Å². The van der Waals surface area contributed by atoms with Crippen molar-refractivity contribution >= 4 is 34.8 Å². The molecule has 0 aliphatic carbocycles. The van der Waals surface area contributed by atoms with E-state index in [4.69, 9.17) is 23.2 Å². The van der Waals surface area contributed by atoms with Gasteiger partial charge < -0.3 is 5.32 Å². The molecule has 0 spiro atoms. The summed E-state index contributed by atoms with van der Waals surface area (Å²) in [5.41, 5.74) is 1.80. The summed E-state index contributed by atoms with van der Waals surface area (Å²) < 4.78 is 0. The molecule has 0 radical (unpaired) electrons. The minimum absolute atomic E-state index is 0.0447. The van der Waals surface area contributed by atoms with E-state index in [1.54, 1.807) is 24.3 Å². The summed E-state index contributed by atoms with van der Waals surface area (Å²) in [5, 5.41) is 7.46. The van der Waals surface area contributed by atoms with Gasteiger partial charge in [0.05, 0.1) is 6.04 Å². The molecule has 5 heteroatoms. The van der Waals surface area contributed by atoms with Gasteiger partial charge in [0.25, 0.3) is 0 Å². The third-order valence-corrected chi connectivity index (χ3v) is 3.88. The number of carbonyl (C=O) groups excluding carboxylic acids is 1. The number of nitrogens with one attached hydrogen (secondary N) is 2. The van der Waals surface area contributed by atoms with Gasteiger partial charge in [-0.1, -0.05) is 35.3 Å². The van der Waals surface area contributed by atoms with E-state index in [1.807, 2.05) is 38.1 Å². The highest BCUT2D eigenvalue weighted by Gasteiger charge is 2.16. The Morgan fingerprint density at radius 3 is 1.95 bits per heavy atom. The van der Waals surface area contributed by atoms with Crippen LogP contribution >= 0.6 is 23.2 Å². The average molecular weight is 337 g/mol. The Kier molecular flexibility index (Phi) is 5.83. The highest BCUT2D eigenvalue weighted by molar-refractivity contribution is 6.30. The quantitative estimate of drug-likeness (QED) is 0.832. The topological polar surface area (TPSA) is 41.1 Å². The van der Waals surface area contributed by atoms with Gasteiger partial charge in [0, 0.05) is 21.8 Å². The lowest BCUT2D eigenvalue weighted by molar-refractivity contribution is -0.117. The summed E-state index contributed by atoms with van der Waals surface area (Å²) in [7, 11) is 0. The van der Waals surface area contributed by atoms with Crippen molar-refractivity contribution in [1.82, 2.24) is 5.32 Å². The zero-order valence-electron chi connectivity index (χ0n) is 12.4. The van der Waals surface area contributed by atoms with Gasteiger partial charge in [0.15, 0.2) is 0 Å².